The highest BCUT2D eigenvalue weighted by Gasteiger charge is 2.48. The van der Waals surface area contributed by atoms with Crippen LogP contribution in [0.25, 0.3) is 11.1 Å². The van der Waals surface area contributed by atoms with Gasteiger partial charge >= 0.3 is 0 Å². The minimum absolute atomic E-state index is 0.313. The Morgan fingerprint density at radius 2 is 0.946 bits per heavy atom. The predicted molar refractivity (Wildman–Crippen MR) is 160 cm³/mol. The molecular formula is C37H42. The molecule has 4 aromatic carbocycles. The summed E-state index contributed by atoms with van der Waals surface area (Å²) in [5.74, 6) is 0. The highest BCUT2D eigenvalue weighted by atomic mass is 14.5. The number of fused-ring (bicyclic) bond motifs is 3. The van der Waals surface area contributed by atoms with Crippen LogP contribution < -0.4 is 0 Å². The third-order valence-electron chi connectivity index (χ3n) is 8.64. The number of aryl methyl sites for hydroxylation is 4. The number of hydrogen-bond acceptors (Lipinski definition) is 0. The summed E-state index contributed by atoms with van der Waals surface area (Å²) in [5.41, 5.74) is 16.9. The lowest BCUT2D eigenvalue weighted by Crippen LogP contribution is -2.32. The van der Waals surface area contributed by atoms with Gasteiger partial charge in [0.1, 0.15) is 0 Å². The van der Waals surface area contributed by atoms with Crippen LogP contribution in [0.1, 0.15) is 95.2 Å². The highest BCUT2D eigenvalue weighted by molar-refractivity contribution is 5.87. The Labute approximate surface area is 224 Å². The van der Waals surface area contributed by atoms with Crippen LogP contribution in [0.2, 0.25) is 0 Å². The molecule has 0 nitrogen and oxygen atoms in total. The largest absolute Gasteiger partial charge is 0.0719 e. The molecule has 0 bridgehead atoms. The Morgan fingerprint density at radius 1 is 0.514 bits per heavy atom. The topological polar surface area (TPSA) is 0 Å². The van der Waals surface area contributed by atoms with Gasteiger partial charge in [0, 0.05) is 0 Å². The Balaban J connectivity index is 1.99. The van der Waals surface area contributed by atoms with Gasteiger partial charge in [-0.25, -0.2) is 0 Å². The Bertz CT molecular complexity index is 1320. The number of rotatable bonds is 8. The van der Waals surface area contributed by atoms with Crippen molar-refractivity contribution in [3.05, 3.63) is 128 Å². The van der Waals surface area contributed by atoms with Crippen LogP contribution in [0.15, 0.2) is 72.8 Å². The van der Waals surface area contributed by atoms with E-state index < -0.39 is 0 Å². The van der Waals surface area contributed by atoms with E-state index in [1.807, 2.05) is 0 Å². The average Bonchev–Trinajstić information content (AvgIpc) is 3.16. The van der Waals surface area contributed by atoms with E-state index in [2.05, 4.69) is 114 Å². The van der Waals surface area contributed by atoms with Gasteiger partial charge in [-0.2, -0.15) is 0 Å². The first kappa shape index (κ1) is 25.5. The Morgan fingerprint density at radius 3 is 1.35 bits per heavy atom. The van der Waals surface area contributed by atoms with E-state index in [0.29, 0.717) is 0 Å². The molecule has 1 aliphatic carbocycles. The van der Waals surface area contributed by atoms with E-state index in [9.17, 15) is 0 Å². The van der Waals surface area contributed by atoms with Crippen molar-refractivity contribution in [2.24, 2.45) is 0 Å². The summed E-state index contributed by atoms with van der Waals surface area (Å²) in [6.07, 6.45) is 7.09. The summed E-state index contributed by atoms with van der Waals surface area (Å²) in [5, 5.41) is 0. The molecule has 0 unspecified atom stereocenters. The number of benzene rings is 4. The Kier molecular flexibility index (Phi) is 7.13. The van der Waals surface area contributed by atoms with Gasteiger partial charge in [-0.15, -0.1) is 0 Å². The average molecular weight is 487 g/mol. The van der Waals surface area contributed by atoms with E-state index >= 15 is 0 Å². The van der Waals surface area contributed by atoms with Crippen molar-refractivity contribution in [3.63, 3.8) is 0 Å². The maximum absolute atomic E-state index is 2.49. The summed E-state index contributed by atoms with van der Waals surface area (Å²) in [7, 11) is 0. The standard InChI is InChI=1S/C37H42/c1-7-9-15-29-27(5)13-11-17-33(29)37(34-18-12-14-28(6)30(34)16-10-8-2)35-23-25(3)19-21-31(35)32-22-20-26(4)24-36(32)37/h11-14,17-24H,7-10,15-16H2,1-6H3. The predicted octanol–water partition coefficient (Wildman–Crippen LogP) is 9.97. The van der Waals surface area contributed by atoms with Gasteiger partial charge in [-0.1, -0.05) is 111 Å². The van der Waals surface area contributed by atoms with E-state index in [1.54, 1.807) is 0 Å². The van der Waals surface area contributed by atoms with Crippen molar-refractivity contribution >= 4 is 0 Å². The number of hydrogen-bond donors (Lipinski definition) is 0. The SMILES string of the molecule is CCCCc1c(C)cccc1C1(c2cccc(C)c2CCCC)c2cc(C)ccc2-c2ccc(C)cc21. The smallest absolute Gasteiger partial charge is 0.0654 e. The fourth-order valence-electron chi connectivity index (χ4n) is 6.75. The lowest BCUT2D eigenvalue weighted by atomic mass is 9.63. The molecule has 0 saturated heterocycles. The van der Waals surface area contributed by atoms with Gasteiger partial charge in [-0.3, -0.25) is 0 Å². The first-order valence-electron chi connectivity index (χ1n) is 14.3. The summed E-state index contributed by atoms with van der Waals surface area (Å²) in [6.45, 7) is 13.8. The van der Waals surface area contributed by atoms with Crippen molar-refractivity contribution in [2.75, 3.05) is 0 Å². The maximum Gasteiger partial charge on any atom is 0.0719 e. The molecule has 0 heterocycles. The minimum atomic E-state index is -0.313. The fraction of sp³-hybridized carbons (Fsp3) is 0.351. The van der Waals surface area contributed by atoms with Crippen molar-refractivity contribution < 1.29 is 0 Å². The van der Waals surface area contributed by atoms with Crippen LogP contribution in [-0.2, 0) is 18.3 Å². The molecule has 0 radical (unpaired) electrons. The van der Waals surface area contributed by atoms with Crippen molar-refractivity contribution in [1.82, 2.24) is 0 Å². The molecule has 1 aliphatic rings. The molecule has 0 saturated carbocycles. The molecule has 0 N–H and O–H groups in total. The van der Waals surface area contributed by atoms with Gasteiger partial charge in [-0.05, 0) is 109 Å². The number of unbranched alkanes of at least 4 members (excludes halogenated alkanes) is 2. The lowest BCUT2D eigenvalue weighted by Gasteiger charge is -2.38. The summed E-state index contributed by atoms with van der Waals surface area (Å²) < 4.78 is 0. The zero-order valence-corrected chi connectivity index (χ0v) is 23.7. The molecule has 190 valence electrons. The first-order valence-corrected chi connectivity index (χ1v) is 14.3. The second-order valence-corrected chi connectivity index (χ2v) is 11.3. The van der Waals surface area contributed by atoms with E-state index in [0.717, 1.165) is 12.8 Å². The van der Waals surface area contributed by atoms with Crippen LogP contribution in [0, 0.1) is 27.7 Å². The fourth-order valence-corrected chi connectivity index (χ4v) is 6.75. The molecule has 37 heavy (non-hydrogen) atoms. The maximum atomic E-state index is 2.49. The molecule has 5 rings (SSSR count). The van der Waals surface area contributed by atoms with Crippen molar-refractivity contribution in [1.29, 1.82) is 0 Å². The van der Waals surface area contributed by atoms with Gasteiger partial charge in [0.25, 0.3) is 0 Å². The first-order chi connectivity index (χ1) is 17.9. The molecule has 0 aliphatic heterocycles. The van der Waals surface area contributed by atoms with E-state index in [-0.39, 0.29) is 5.41 Å². The summed E-state index contributed by atoms with van der Waals surface area (Å²) >= 11 is 0. The molecule has 0 amide bonds. The van der Waals surface area contributed by atoms with Crippen LogP contribution in [-0.4, -0.2) is 0 Å². The molecule has 0 spiro atoms. The van der Waals surface area contributed by atoms with Crippen molar-refractivity contribution in [3.8, 4) is 11.1 Å². The second kappa shape index (κ2) is 10.3. The van der Waals surface area contributed by atoms with Crippen LogP contribution in [0.4, 0.5) is 0 Å². The zero-order chi connectivity index (χ0) is 26.2. The quantitative estimate of drug-likeness (QED) is 0.205. The summed E-state index contributed by atoms with van der Waals surface area (Å²) in [4.78, 5) is 0. The minimum Gasteiger partial charge on any atom is -0.0654 e. The summed E-state index contributed by atoms with van der Waals surface area (Å²) in [6, 6.07) is 28.5. The second-order valence-electron chi connectivity index (χ2n) is 11.3. The third kappa shape index (κ3) is 4.15. The van der Waals surface area contributed by atoms with E-state index in [4.69, 9.17) is 0 Å². The molecule has 0 fully saturated rings. The molecule has 0 atom stereocenters. The molecule has 4 aromatic rings. The van der Waals surface area contributed by atoms with Crippen LogP contribution in [0.3, 0.4) is 0 Å². The third-order valence-corrected chi connectivity index (χ3v) is 8.64. The van der Waals surface area contributed by atoms with Gasteiger partial charge in [0.2, 0.25) is 0 Å². The molecule has 0 aromatic heterocycles. The van der Waals surface area contributed by atoms with E-state index in [1.165, 1.54) is 92.4 Å². The van der Waals surface area contributed by atoms with Gasteiger partial charge in [0.15, 0.2) is 0 Å². The lowest BCUT2D eigenvalue weighted by molar-refractivity contribution is 0.702. The molecule has 0 heteroatoms. The van der Waals surface area contributed by atoms with Crippen molar-refractivity contribution in [2.45, 2.75) is 85.5 Å². The zero-order valence-electron chi connectivity index (χ0n) is 23.7. The Hall–Kier alpha value is -3.12. The van der Waals surface area contributed by atoms with Gasteiger partial charge in [0.05, 0.1) is 5.41 Å². The normalized spacial score (nSPS) is 13.5. The van der Waals surface area contributed by atoms with Crippen LogP contribution in [0.5, 0.6) is 0 Å². The monoisotopic (exact) mass is 486 g/mol. The van der Waals surface area contributed by atoms with Gasteiger partial charge < -0.3 is 0 Å². The molecular weight excluding hydrogens is 444 g/mol. The highest BCUT2D eigenvalue weighted by Crippen LogP contribution is 2.58. The van der Waals surface area contributed by atoms with Crippen LogP contribution >= 0.6 is 0 Å².